The Morgan fingerprint density at radius 1 is 0.812 bits per heavy atom. The van der Waals surface area contributed by atoms with E-state index in [9.17, 15) is 4.79 Å². The zero-order valence-electron chi connectivity index (χ0n) is 10.4. The minimum absolute atomic E-state index is 0.389. The largest absolute Gasteiger partial charge is 0.481 e. The van der Waals surface area contributed by atoms with Crippen LogP contribution in [0.5, 0.6) is 0 Å². The third-order valence-electron chi connectivity index (χ3n) is 3.69. The molecule has 0 aromatic carbocycles. The van der Waals surface area contributed by atoms with E-state index in [1.54, 1.807) is 0 Å². The van der Waals surface area contributed by atoms with Crippen molar-refractivity contribution < 1.29 is 9.90 Å². The summed E-state index contributed by atoms with van der Waals surface area (Å²) in [4.78, 5) is 10.7. The van der Waals surface area contributed by atoms with Gasteiger partial charge in [-0.2, -0.15) is 0 Å². The van der Waals surface area contributed by atoms with E-state index in [-0.39, 0.29) is 0 Å². The first-order valence-corrected chi connectivity index (χ1v) is 7.01. The number of carboxylic acids is 1. The van der Waals surface area contributed by atoms with Crippen LogP contribution in [-0.4, -0.2) is 11.1 Å². The van der Waals surface area contributed by atoms with Crippen LogP contribution < -0.4 is 0 Å². The summed E-state index contributed by atoms with van der Waals surface area (Å²) in [6.07, 6.45) is 14.6. The fourth-order valence-corrected chi connectivity index (χ4v) is 2.70. The Balaban J connectivity index is 2.27. The average molecular weight is 226 g/mol. The number of carboxylic acid groups (broad SMARTS) is 1. The molecule has 2 heteroatoms. The molecule has 0 radical (unpaired) electrons. The maximum atomic E-state index is 10.7. The second-order valence-electron chi connectivity index (χ2n) is 5.22. The quantitative estimate of drug-likeness (QED) is 0.758. The van der Waals surface area contributed by atoms with Gasteiger partial charge in [-0.25, -0.2) is 0 Å². The third-order valence-corrected chi connectivity index (χ3v) is 3.69. The van der Waals surface area contributed by atoms with Crippen LogP contribution in [0.1, 0.15) is 77.0 Å². The summed E-state index contributed by atoms with van der Waals surface area (Å²) < 4.78 is 0. The second kappa shape index (κ2) is 8.60. The van der Waals surface area contributed by atoms with Crippen molar-refractivity contribution in [1.29, 1.82) is 0 Å². The van der Waals surface area contributed by atoms with Gasteiger partial charge >= 0.3 is 5.97 Å². The molecule has 16 heavy (non-hydrogen) atoms. The summed E-state index contributed by atoms with van der Waals surface area (Å²) >= 11 is 0. The molecule has 2 nitrogen and oxygen atoms in total. The summed E-state index contributed by atoms with van der Waals surface area (Å²) in [5, 5.41) is 8.85. The van der Waals surface area contributed by atoms with Gasteiger partial charge in [0.1, 0.15) is 0 Å². The van der Waals surface area contributed by atoms with E-state index in [0.29, 0.717) is 12.3 Å². The molecule has 0 aromatic rings. The highest BCUT2D eigenvalue weighted by Gasteiger charge is 2.12. The minimum Gasteiger partial charge on any atom is -0.481 e. The number of hydrogen-bond donors (Lipinski definition) is 1. The van der Waals surface area contributed by atoms with Crippen molar-refractivity contribution in [2.45, 2.75) is 77.0 Å². The first kappa shape index (κ1) is 13.5. The Morgan fingerprint density at radius 2 is 1.19 bits per heavy atom. The van der Waals surface area contributed by atoms with Gasteiger partial charge in [0.05, 0.1) is 0 Å². The van der Waals surface area contributed by atoms with Gasteiger partial charge in [0.25, 0.3) is 0 Å². The molecule has 0 spiro atoms. The highest BCUT2D eigenvalue weighted by molar-refractivity contribution is 5.66. The second-order valence-corrected chi connectivity index (χ2v) is 5.22. The zero-order chi connectivity index (χ0) is 11.6. The highest BCUT2D eigenvalue weighted by atomic mass is 16.4. The van der Waals surface area contributed by atoms with E-state index in [2.05, 4.69) is 0 Å². The Kier molecular flexibility index (Phi) is 7.28. The average Bonchev–Trinajstić information content (AvgIpc) is 2.21. The molecule has 0 atom stereocenters. The van der Waals surface area contributed by atoms with Gasteiger partial charge in [0.2, 0.25) is 0 Å². The summed E-state index contributed by atoms with van der Waals surface area (Å²) in [5.41, 5.74) is 0. The van der Waals surface area contributed by atoms with Gasteiger partial charge in [0, 0.05) is 6.42 Å². The maximum absolute atomic E-state index is 10.7. The molecule has 0 aliphatic heterocycles. The molecule has 1 N–H and O–H groups in total. The normalized spacial score (nSPS) is 22.0. The predicted molar refractivity (Wildman–Crippen MR) is 66.5 cm³/mol. The lowest BCUT2D eigenvalue weighted by Crippen LogP contribution is -2.08. The summed E-state index contributed by atoms with van der Waals surface area (Å²) in [7, 11) is 0. The van der Waals surface area contributed by atoms with Crippen LogP contribution in [0.3, 0.4) is 0 Å². The van der Waals surface area contributed by atoms with E-state index in [1.807, 2.05) is 0 Å². The molecule has 0 aromatic heterocycles. The Morgan fingerprint density at radius 3 is 1.56 bits per heavy atom. The van der Waals surface area contributed by atoms with Crippen LogP contribution in [-0.2, 0) is 4.79 Å². The molecular formula is C14H26O2. The van der Waals surface area contributed by atoms with Gasteiger partial charge in [-0.1, -0.05) is 57.8 Å². The molecule has 1 rings (SSSR count). The standard InChI is InChI=1S/C14H26O2/c15-14(16)12-13-10-8-6-4-2-1-3-5-7-9-11-13/h13H,1-12H2,(H,15,16). The summed E-state index contributed by atoms with van der Waals surface area (Å²) in [5.74, 6) is -0.172. The Labute approximate surface area is 99.4 Å². The SMILES string of the molecule is O=C(O)CC1CCCCCCCCCCC1. The molecule has 94 valence electrons. The smallest absolute Gasteiger partial charge is 0.303 e. The first-order chi connectivity index (χ1) is 7.79. The third kappa shape index (κ3) is 6.86. The van der Waals surface area contributed by atoms with Gasteiger partial charge < -0.3 is 5.11 Å². The number of aliphatic carboxylic acids is 1. The maximum Gasteiger partial charge on any atom is 0.303 e. The molecule has 0 bridgehead atoms. The molecule has 0 heterocycles. The van der Waals surface area contributed by atoms with Crippen LogP contribution >= 0.6 is 0 Å². The molecule has 0 saturated heterocycles. The summed E-state index contributed by atoms with van der Waals surface area (Å²) in [6, 6.07) is 0. The molecule has 1 aliphatic carbocycles. The van der Waals surface area contributed by atoms with E-state index in [1.165, 1.54) is 57.8 Å². The van der Waals surface area contributed by atoms with E-state index < -0.39 is 5.97 Å². The van der Waals surface area contributed by atoms with Crippen LogP contribution in [0.25, 0.3) is 0 Å². The van der Waals surface area contributed by atoms with Crippen molar-refractivity contribution in [1.82, 2.24) is 0 Å². The van der Waals surface area contributed by atoms with E-state index >= 15 is 0 Å². The van der Waals surface area contributed by atoms with Gasteiger partial charge in [-0.05, 0) is 18.8 Å². The molecule has 1 aliphatic rings. The topological polar surface area (TPSA) is 37.3 Å². The van der Waals surface area contributed by atoms with Gasteiger partial charge in [0.15, 0.2) is 0 Å². The zero-order valence-corrected chi connectivity index (χ0v) is 10.4. The van der Waals surface area contributed by atoms with Crippen molar-refractivity contribution in [2.75, 3.05) is 0 Å². The van der Waals surface area contributed by atoms with Gasteiger partial charge in [-0.3, -0.25) is 4.79 Å². The van der Waals surface area contributed by atoms with Crippen LogP contribution in [0, 0.1) is 5.92 Å². The van der Waals surface area contributed by atoms with Crippen molar-refractivity contribution >= 4 is 5.97 Å². The minimum atomic E-state index is -0.614. The predicted octanol–water partition coefficient (Wildman–Crippen LogP) is 4.38. The lowest BCUT2D eigenvalue weighted by atomic mass is 9.91. The van der Waals surface area contributed by atoms with E-state index in [0.717, 1.165) is 12.8 Å². The van der Waals surface area contributed by atoms with E-state index in [4.69, 9.17) is 5.11 Å². The summed E-state index contributed by atoms with van der Waals surface area (Å²) in [6.45, 7) is 0. The Bertz CT molecular complexity index is 177. The highest BCUT2D eigenvalue weighted by Crippen LogP contribution is 2.23. The fourth-order valence-electron chi connectivity index (χ4n) is 2.70. The lowest BCUT2D eigenvalue weighted by Gasteiger charge is -2.15. The first-order valence-electron chi connectivity index (χ1n) is 7.01. The number of carbonyl (C=O) groups is 1. The van der Waals surface area contributed by atoms with Gasteiger partial charge in [-0.15, -0.1) is 0 Å². The fraction of sp³-hybridized carbons (Fsp3) is 0.929. The van der Waals surface area contributed by atoms with Crippen molar-refractivity contribution in [3.63, 3.8) is 0 Å². The Hall–Kier alpha value is -0.530. The van der Waals surface area contributed by atoms with Crippen molar-refractivity contribution in [2.24, 2.45) is 5.92 Å². The molecule has 0 amide bonds. The van der Waals surface area contributed by atoms with Crippen molar-refractivity contribution in [3.05, 3.63) is 0 Å². The van der Waals surface area contributed by atoms with Crippen LogP contribution in [0.15, 0.2) is 0 Å². The molecule has 1 fully saturated rings. The molecular weight excluding hydrogens is 200 g/mol. The molecule has 1 saturated carbocycles. The van der Waals surface area contributed by atoms with Crippen LogP contribution in [0.4, 0.5) is 0 Å². The molecule has 0 unspecified atom stereocenters. The number of rotatable bonds is 2. The number of hydrogen-bond acceptors (Lipinski definition) is 1. The van der Waals surface area contributed by atoms with Crippen molar-refractivity contribution in [3.8, 4) is 0 Å². The van der Waals surface area contributed by atoms with Crippen LogP contribution in [0.2, 0.25) is 0 Å². The monoisotopic (exact) mass is 226 g/mol. The lowest BCUT2D eigenvalue weighted by molar-refractivity contribution is -0.138.